The summed E-state index contributed by atoms with van der Waals surface area (Å²) in [6, 6.07) is 6.97. The molecular formula is C16H25ClN2O3S. The van der Waals surface area contributed by atoms with E-state index in [0.717, 1.165) is 39.1 Å². The maximum atomic E-state index is 12.2. The molecule has 23 heavy (non-hydrogen) atoms. The lowest BCUT2D eigenvalue weighted by Crippen LogP contribution is -2.40. The Balaban J connectivity index is 1.75. The lowest BCUT2D eigenvalue weighted by molar-refractivity contribution is 0.121. The second-order valence-corrected chi connectivity index (χ2v) is 8.26. The van der Waals surface area contributed by atoms with Crippen LogP contribution in [0.25, 0.3) is 0 Å². The van der Waals surface area contributed by atoms with Gasteiger partial charge in [-0.25, -0.2) is 13.1 Å². The van der Waals surface area contributed by atoms with E-state index in [-0.39, 0.29) is 5.75 Å². The molecule has 1 aromatic carbocycles. The van der Waals surface area contributed by atoms with Gasteiger partial charge in [0.05, 0.1) is 12.4 Å². The lowest BCUT2D eigenvalue weighted by atomic mass is 9.97. The van der Waals surface area contributed by atoms with Crippen LogP contribution < -0.4 is 4.72 Å². The zero-order chi connectivity index (χ0) is 16.7. The summed E-state index contributed by atoms with van der Waals surface area (Å²) in [6.45, 7) is 4.22. The minimum absolute atomic E-state index is 0.0275. The summed E-state index contributed by atoms with van der Waals surface area (Å²) in [5, 5.41) is 0.557. The van der Waals surface area contributed by atoms with E-state index in [4.69, 9.17) is 16.3 Å². The van der Waals surface area contributed by atoms with Gasteiger partial charge in [0, 0.05) is 25.2 Å². The van der Waals surface area contributed by atoms with Gasteiger partial charge in [-0.15, -0.1) is 0 Å². The van der Waals surface area contributed by atoms with Crippen LogP contribution in [-0.2, 0) is 20.5 Å². The van der Waals surface area contributed by atoms with Crippen LogP contribution >= 0.6 is 11.6 Å². The molecule has 1 aromatic rings. The van der Waals surface area contributed by atoms with E-state index in [9.17, 15) is 8.42 Å². The number of likely N-dealkylation sites (tertiary alicyclic amines) is 1. The van der Waals surface area contributed by atoms with Crippen LogP contribution in [0.2, 0.25) is 5.02 Å². The highest BCUT2D eigenvalue weighted by molar-refractivity contribution is 7.88. The van der Waals surface area contributed by atoms with Crippen molar-refractivity contribution in [3.8, 4) is 0 Å². The highest BCUT2D eigenvalue weighted by Gasteiger charge is 2.21. The number of piperidine rings is 1. The van der Waals surface area contributed by atoms with E-state index in [1.165, 1.54) is 0 Å². The third kappa shape index (κ3) is 6.77. The first-order valence-electron chi connectivity index (χ1n) is 7.91. The number of sulfonamides is 1. The van der Waals surface area contributed by atoms with Crippen molar-refractivity contribution in [3.05, 3.63) is 34.9 Å². The fourth-order valence-electron chi connectivity index (χ4n) is 2.78. The molecular weight excluding hydrogens is 336 g/mol. The Morgan fingerprint density at radius 2 is 2.09 bits per heavy atom. The van der Waals surface area contributed by atoms with Gasteiger partial charge in [-0.3, -0.25) is 0 Å². The molecule has 0 atom stereocenters. The van der Waals surface area contributed by atoms with Crippen LogP contribution in [0.1, 0.15) is 18.4 Å². The van der Waals surface area contributed by atoms with Gasteiger partial charge in [-0.2, -0.15) is 0 Å². The van der Waals surface area contributed by atoms with Gasteiger partial charge >= 0.3 is 0 Å². The molecule has 0 radical (unpaired) electrons. The molecule has 7 heteroatoms. The Morgan fingerprint density at radius 1 is 1.35 bits per heavy atom. The molecule has 5 nitrogen and oxygen atoms in total. The molecule has 0 amide bonds. The predicted octanol–water partition coefficient (Wildman–Crippen LogP) is 2.12. The van der Waals surface area contributed by atoms with Crippen LogP contribution in [0, 0.1) is 5.92 Å². The Morgan fingerprint density at radius 3 is 2.74 bits per heavy atom. The normalized spacial score (nSPS) is 17.5. The second-order valence-electron chi connectivity index (χ2n) is 6.02. The first-order valence-corrected chi connectivity index (χ1v) is 9.94. The maximum Gasteiger partial charge on any atom is 0.215 e. The Kier molecular flexibility index (Phi) is 7.30. The summed E-state index contributed by atoms with van der Waals surface area (Å²) in [4.78, 5) is 2.36. The van der Waals surface area contributed by atoms with Crippen molar-refractivity contribution >= 4 is 21.6 Å². The fourth-order valence-corrected chi connectivity index (χ4v) is 4.20. The van der Waals surface area contributed by atoms with E-state index in [2.05, 4.69) is 9.62 Å². The third-order valence-electron chi connectivity index (χ3n) is 4.16. The topological polar surface area (TPSA) is 58.6 Å². The second kappa shape index (κ2) is 8.99. The molecule has 1 saturated heterocycles. The SMILES string of the molecule is COCCN1CCC(CNS(=O)(=O)Cc2cccc(Cl)c2)CC1. The smallest absolute Gasteiger partial charge is 0.215 e. The van der Waals surface area contributed by atoms with Crippen LogP contribution in [0.15, 0.2) is 24.3 Å². The third-order valence-corrected chi connectivity index (χ3v) is 5.71. The number of ether oxygens (including phenoxy) is 1. The van der Waals surface area contributed by atoms with Crippen molar-refractivity contribution in [1.29, 1.82) is 0 Å². The van der Waals surface area contributed by atoms with Gasteiger partial charge in [-0.05, 0) is 49.5 Å². The molecule has 1 N–H and O–H groups in total. The minimum Gasteiger partial charge on any atom is -0.383 e. The van der Waals surface area contributed by atoms with E-state index >= 15 is 0 Å². The monoisotopic (exact) mass is 360 g/mol. The van der Waals surface area contributed by atoms with Crippen LogP contribution in [0.4, 0.5) is 0 Å². The summed E-state index contributed by atoms with van der Waals surface area (Å²) in [6.07, 6.45) is 2.03. The fraction of sp³-hybridized carbons (Fsp3) is 0.625. The van der Waals surface area contributed by atoms with E-state index in [1.54, 1.807) is 31.4 Å². The number of benzene rings is 1. The molecule has 0 bridgehead atoms. The summed E-state index contributed by atoms with van der Waals surface area (Å²) >= 11 is 5.89. The van der Waals surface area contributed by atoms with Gasteiger partial charge in [-0.1, -0.05) is 23.7 Å². The van der Waals surface area contributed by atoms with Crippen molar-refractivity contribution in [2.24, 2.45) is 5.92 Å². The van der Waals surface area contributed by atoms with Gasteiger partial charge in [0.15, 0.2) is 0 Å². The average Bonchev–Trinajstić information content (AvgIpc) is 2.51. The average molecular weight is 361 g/mol. The first kappa shape index (κ1) is 18.7. The number of nitrogens with one attached hydrogen (secondary N) is 1. The molecule has 2 rings (SSSR count). The van der Waals surface area contributed by atoms with Gasteiger partial charge < -0.3 is 9.64 Å². The number of hydrogen-bond donors (Lipinski definition) is 1. The van der Waals surface area contributed by atoms with Gasteiger partial charge in [0.2, 0.25) is 10.0 Å². The van der Waals surface area contributed by atoms with Crippen LogP contribution in [-0.4, -0.2) is 53.2 Å². The Bertz CT molecular complexity index is 587. The van der Waals surface area contributed by atoms with Crippen molar-refractivity contribution in [2.75, 3.05) is 39.9 Å². The molecule has 0 aliphatic carbocycles. The summed E-state index contributed by atoms with van der Waals surface area (Å²) in [5.74, 6) is 0.378. The van der Waals surface area contributed by atoms with E-state index in [1.807, 2.05) is 0 Å². The predicted molar refractivity (Wildman–Crippen MR) is 93.1 cm³/mol. The molecule has 0 aromatic heterocycles. The Labute approximate surface area is 144 Å². The quantitative estimate of drug-likeness (QED) is 0.771. The largest absolute Gasteiger partial charge is 0.383 e. The molecule has 1 aliphatic heterocycles. The number of methoxy groups -OCH3 is 1. The van der Waals surface area contributed by atoms with E-state index in [0.29, 0.717) is 23.0 Å². The zero-order valence-electron chi connectivity index (χ0n) is 13.5. The Hall–Kier alpha value is -0.660. The zero-order valence-corrected chi connectivity index (χ0v) is 15.1. The molecule has 0 unspecified atom stereocenters. The number of hydrogen-bond acceptors (Lipinski definition) is 4. The molecule has 1 fully saturated rings. The number of rotatable bonds is 8. The maximum absolute atomic E-state index is 12.2. The van der Waals surface area contributed by atoms with Gasteiger partial charge in [0.1, 0.15) is 0 Å². The molecule has 1 aliphatic rings. The highest BCUT2D eigenvalue weighted by atomic mass is 35.5. The standard InChI is InChI=1S/C16H25ClN2O3S/c1-22-10-9-19-7-5-14(6-8-19)12-18-23(20,21)13-15-3-2-4-16(17)11-15/h2-4,11,14,18H,5-10,12-13H2,1H3. The number of nitrogens with zero attached hydrogens (tertiary/aromatic N) is 1. The van der Waals surface area contributed by atoms with Gasteiger partial charge in [0.25, 0.3) is 0 Å². The highest BCUT2D eigenvalue weighted by Crippen LogP contribution is 2.17. The molecule has 1 heterocycles. The summed E-state index contributed by atoms with van der Waals surface area (Å²) < 4.78 is 32.2. The molecule has 0 spiro atoms. The molecule has 0 saturated carbocycles. The summed E-state index contributed by atoms with van der Waals surface area (Å²) in [7, 11) is -1.61. The van der Waals surface area contributed by atoms with Crippen molar-refractivity contribution in [3.63, 3.8) is 0 Å². The van der Waals surface area contributed by atoms with Crippen molar-refractivity contribution in [1.82, 2.24) is 9.62 Å². The van der Waals surface area contributed by atoms with E-state index < -0.39 is 10.0 Å². The summed E-state index contributed by atoms with van der Waals surface area (Å²) in [5.41, 5.74) is 0.708. The van der Waals surface area contributed by atoms with Crippen LogP contribution in [0.3, 0.4) is 0 Å². The minimum atomic E-state index is -3.32. The van der Waals surface area contributed by atoms with Crippen molar-refractivity contribution < 1.29 is 13.2 Å². The van der Waals surface area contributed by atoms with Crippen LogP contribution in [0.5, 0.6) is 0 Å². The lowest BCUT2D eigenvalue weighted by Gasteiger charge is -2.31. The molecule has 130 valence electrons. The first-order chi connectivity index (χ1) is 11.0. The van der Waals surface area contributed by atoms with Crippen molar-refractivity contribution in [2.45, 2.75) is 18.6 Å². The number of halogens is 1.